The van der Waals surface area contributed by atoms with E-state index in [1.165, 1.54) is 12.8 Å². The van der Waals surface area contributed by atoms with E-state index < -0.39 is 0 Å². The van der Waals surface area contributed by atoms with E-state index in [9.17, 15) is 14.4 Å². The van der Waals surface area contributed by atoms with E-state index in [1.54, 1.807) is 31.2 Å². The molecule has 1 aromatic rings. The molecule has 0 spiro atoms. The van der Waals surface area contributed by atoms with Crippen LogP contribution in [0.3, 0.4) is 0 Å². The van der Waals surface area contributed by atoms with Gasteiger partial charge >= 0.3 is 5.97 Å². The van der Waals surface area contributed by atoms with Crippen LogP contribution < -0.4 is 5.32 Å². The lowest BCUT2D eigenvalue weighted by Crippen LogP contribution is -2.37. The lowest BCUT2D eigenvalue weighted by atomic mass is 10.1. The van der Waals surface area contributed by atoms with E-state index >= 15 is 0 Å². The van der Waals surface area contributed by atoms with E-state index in [4.69, 9.17) is 4.74 Å². The molecule has 2 fully saturated rings. The Hall–Kier alpha value is -2.37. The first-order chi connectivity index (χ1) is 13.1. The maximum absolute atomic E-state index is 12.6. The third kappa shape index (κ3) is 4.87. The molecule has 3 rings (SSSR count). The van der Waals surface area contributed by atoms with Gasteiger partial charge in [0.1, 0.15) is 0 Å². The van der Waals surface area contributed by atoms with Gasteiger partial charge < -0.3 is 15.0 Å². The molecule has 27 heavy (non-hydrogen) atoms. The lowest BCUT2D eigenvalue weighted by Gasteiger charge is -2.27. The predicted octanol–water partition coefficient (Wildman–Crippen LogP) is 3.37. The maximum atomic E-state index is 12.6. The number of rotatable bonds is 5. The van der Waals surface area contributed by atoms with Crippen molar-refractivity contribution in [2.75, 3.05) is 18.5 Å². The van der Waals surface area contributed by atoms with Crippen molar-refractivity contribution >= 4 is 23.5 Å². The summed E-state index contributed by atoms with van der Waals surface area (Å²) in [6.07, 6.45) is 7.19. The average Bonchev–Trinajstić information content (AvgIpc) is 2.87. The minimum absolute atomic E-state index is 0.0970. The van der Waals surface area contributed by atoms with Crippen LogP contribution in [-0.2, 0) is 14.3 Å². The van der Waals surface area contributed by atoms with Crippen molar-refractivity contribution in [3.05, 3.63) is 29.8 Å². The summed E-state index contributed by atoms with van der Waals surface area (Å²) in [6, 6.07) is 6.92. The molecule has 1 aromatic carbocycles. The topological polar surface area (TPSA) is 75.7 Å². The molecule has 1 aliphatic heterocycles. The maximum Gasteiger partial charge on any atom is 0.338 e. The van der Waals surface area contributed by atoms with E-state index in [2.05, 4.69) is 5.32 Å². The third-order valence-electron chi connectivity index (χ3n) is 5.46. The Morgan fingerprint density at radius 3 is 2.41 bits per heavy atom. The summed E-state index contributed by atoms with van der Waals surface area (Å²) in [5, 5.41) is 2.87. The second-order valence-electron chi connectivity index (χ2n) is 7.38. The number of carbonyl (C=O) groups is 3. The van der Waals surface area contributed by atoms with Gasteiger partial charge in [0.15, 0.2) is 0 Å². The molecule has 1 atom stereocenters. The van der Waals surface area contributed by atoms with Gasteiger partial charge in [-0.25, -0.2) is 4.79 Å². The number of benzene rings is 1. The molecule has 0 aromatic heterocycles. The highest BCUT2D eigenvalue weighted by Gasteiger charge is 2.37. The summed E-state index contributed by atoms with van der Waals surface area (Å²) in [5.41, 5.74) is 1.07. The van der Waals surface area contributed by atoms with Crippen LogP contribution in [0.5, 0.6) is 0 Å². The van der Waals surface area contributed by atoms with Crippen LogP contribution >= 0.6 is 0 Å². The normalized spacial score (nSPS) is 21.0. The fourth-order valence-electron chi connectivity index (χ4n) is 3.98. The summed E-state index contributed by atoms with van der Waals surface area (Å²) >= 11 is 0. The smallest absolute Gasteiger partial charge is 0.338 e. The number of anilines is 1. The Bertz CT molecular complexity index is 678. The molecular formula is C21H28N2O4. The fraction of sp³-hybridized carbons (Fsp3) is 0.571. The van der Waals surface area contributed by atoms with Crippen LogP contribution in [0.25, 0.3) is 0 Å². The van der Waals surface area contributed by atoms with Crippen molar-refractivity contribution < 1.29 is 19.1 Å². The van der Waals surface area contributed by atoms with Gasteiger partial charge in [0.25, 0.3) is 0 Å². The Morgan fingerprint density at radius 1 is 1.11 bits per heavy atom. The standard InChI is InChI=1S/C21H28N2O4/c1-2-27-21(26)15-9-11-17(12-10-15)22-20(25)16-13-19(24)23(14-16)18-7-5-3-4-6-8-18/h9-12,16,18H,2-8,13-14H2,1H3,(H,22,25). The highest BCUT2D eigenvalue weighted by atomic mass is 16.5. The average molecular weight is 372 g/mol. The van der Waals surface area contributed by atoms with Crippen LogP contribution in [0.15, 0.2) is 24.3 Å². The van der Waals surface area contributed by atoms with Crippen LogP contribution in [-0.4, -0.2) is 41.9 Å². The molecule has 1 N–H and O–H groups in total. The minimum Gasteiger partial charge on any atom is -0.462 e. The van der Waals surface area contributed by atoms with Crippen molar-refractivity contribution in [1.29, 1.82) is 0 Å². The minimum atomic E-state index is -0.379. The molecule has 0 bridgehead atoms. The van der Waals surface area contributed by atoms with Crippen molar-refractivity contribution in [3.63, 3.8) is 0 Å². The number of hydrogen-bond acceptors (Lipinski definition) is 4. The molecule has 1 heterocycles. The molecule has 1 aliphatic carbocycles. The fourth-order valence-corrected chi connectivity index (χ4v) is 3.98. The summed E-state index contributed by atoms with van der Waals surface area (Å²) in [7, 11) is 0. The number of carbonyl (C=O) groups excluding carboxylic acids is 3. The van der Waals surface area contributed by atoms with Gasteiger partial charge in [-0.1, -0.05) is 25.7 Å². The van der Waals surface area contributed by atoms with Crippen LogP contribution in [0.1, 0.15) is 62.2 Å². The quantitative estimate of drug-likeness (QED) is 0.635. The highest BCUT2D eigenvalue weighted by Crippen LogP contribution is 2.28. The molecule has 1 saturated carbocycles. The summed E-state index contributed by atoms with van der Waals surface area (Å²) in [6.45, 7) is 2.59. The summed E-state index contributed by atoms with van der Waals surface area (Å²) in [5.74, 6) is -0.732. The summed E-state index contributed by atoms with van der Waals surface area (Å²) in [4.78, 5) is 38.6. The van der Waals surface area contributed by atoms with E-state index in [0.717, 1.165) is 25.7 Å². The molecule has 2 amide bonds. The van der Waals surface area contributed by atoms with Gasteiger partial charge in [-0.3, -0.25) is 9.59 Å². The van der Waals surface area contributed by atoms with Crippen molar-refractivity contribution in [2.24, 2.45) is 5.92 Å². The number of hydrogen-bond donors (Lipinski definition) is 1. The Labute approximate surface area is 160 Å². The SMILES string of the molecule is CCOC(=O)c1ccc(NC(=O)C2CC(=O)N(C3CCCCCC3)C2)cc1. The first kappa shape index (κ1) is 19.4. The zero-order valence-electron chi connectivity index (χ0n) is 15.9. The molecule has 6 nitrogen and oxygen atoms in total. The van der Waals surface area contributed by atoms with Gasteiger partial charge in [-0.15, -0.1) is 0 Å². The molecule has 6 heteroatoms. The third-order valence-corrected chi connectivity index (χ3v) is 5.46. The zero-order chi connectivity index (χ0) is 19.2. The van der Waals surface area contributed by atoms with E-state index in [0.29, 0.717) is 30.4 Å². The molecule has 0 radical (unpaired) electrons. The Morgan fingerprint density at radius 2 is 1.78 bits per heavy atom. The number of amides is 2. The van der Waals surface area contributed by atoms with Crippen LogP contribution in [0.4, 0.5) is 5.69 Å². The second-order valence-corrected chi connectivity index (χ2v) is 7.38. The van der Waals surface area contributed by atoms with Crippen molar-refractivity contribution in [2.45, 2.75) is 57.9 Å². The number of likely N-dealkylation sites (tertiary alicyclic amines) is 1. The van der Waals surface area contributed by atoms with Crippen molar-refractivity contribution in [3.8, 4) is 0 Å². The first-order valence-electron chi connectivity index (χ1n) is 9.96. The van der Waals surface area contributed by atoms with Crippen molar-refractivity contribution in [1.82, 2.24) is 4.90 Å². The number of nitrogens with zero attached hydrogens (tertiary/aromatic N) is 1. The largest absolute Gasteiger partial charge is 0.462 e. The van der Waals surface area contributed by atoms with Gasteiger partial charge in [0.05, 0.1) is 18.1 Å². The van der Waals surface area contributed by atoms with E-state index in [1.807, 2.05) is 4.90 Å². The lowest BCUT2D eigenvalue weighted by molar-refractivity contribution is -0.130. The molecular weight excluding hydrogens is 344 g/mol. The molecule has 1 saturated heterocycles. The highest BCUT2D eigenvalue weighted by molar-refractivity contribution is 5.97. The number of ether oxygens (including phenoxy) is 1. The van der Waals surface area contributed by atoms with Gasteiger partial charge in [0, 0.05) is 24.7 Å². The molecule has 146 valence electrons. The Kier molecular flexibility index (Phi) is 6.48. The Balaban J connectivity index is 1.56. The molecule has 1 unspecified atom stereocenters. The molecule has 2 aliphatic rings. The van der Waals surface area contributed by atoms with Crippen LogP contribution in [0, 0.1) is 5.92 Å². The number of nitrogens with one attached hydrogen (secondary N) is 1. The zero-order valence-corrected chi connectivity index (χ0v) is 15.9. The predicted molar refractivity (Wildman–Crippen MR) is 102 cm³/mol. The first-order valence-corrected chi connectivity index (χ1v) is 9.96. The van der Waals surface area contributed by atoms with E-state index in [-0.39, 0.29) is 30.1 Å². The summed E-state index contributed by atoms with van der Waals surface area (Å²) < 4.78 is 4.95. The number of esters is 1. The second kappa shape index (κ2) is 9.02. The van der Waals surface area contributed by atoms with Gasteiger partial charge in [-0.2, -0.15) is 0 Å². The monoisotopic (exact) mass is 372 g/mol. The van der Waals surface area contributed by atoms with Crippen LogP contribution in [0.2, 0.25) is 0 Å². The van der Waals surface area contributed by atoms with Gasteiger partial charge in [0.2, 0.25) is 11.8 Å². The van der Waals surface area contributed by atoms with Gasteiger partial charge in [-0.05, 0) is 44.0 Å².